The first-order valence-corrected chi connectivity index (χ1v) is 3.68. The first-order valence-electron chi connectivity index (χ1n) is 3.68. The molecule has 2 atom stereocenters. The van der Waals surface area contributed by atoms with Crippen LogP contribution in [0.4, 0.5) is 0 Å². The number of rotatable bonds is 0. The highest BCUT2D eigenvalue weighted by Crippen LogP contribution is 2.15. The Kier molecular flexibility index (Phi) is 1.27. The van der Waals surface area contributed by atoms with Crippen molar-refractivity contribution in [2.24, 2.45) is 10.9 Å². The van der Waals surface area contributed by atoms with Crippen molar-refractivity contribution in [2.45, 2.75) is 18.9 Å². The Morgan fingerprint density at radius 1 is 1.44 bits per heavy atom. The lowest BCUT2D eigenvalue weighted by Crippen LogP contribution is -2.38. The Morgan fingerprint density at radius 2 is 2.44 bits per heavy atom. The highest BCUT2D eigenvalue weighted by molar-refractivity contribution is 5.61. The Hall–Kier alpha value is -0.370. The van der Waals surface area contributed by atoms with E-state index in [9.17, 15) is 0 Å². The lowest BCUT2D eigenvalue weighted by atomic mass is 9.98. The molecule has 2 bridgehead atoms. The summed E-state index contributed by atoms with van der Waals surface area (Å²) in [6.45, 7) is 2.17. The van der Waals surface area contributed by atoms with Gasteiger partial charge >= 0.3 is 0 Å². The van der Waals surface area contributed by atoms with E-state index in [1.54, 1.807) is 0 Å². The molecule has 50 valence electrons. The summed E-state index contributed by atoms with van der Waals surface area (Å²) in [5, 5.41) is 3.46. The summed E-state index contributed by atoms with van der Waals surface area (Å²) in [5.41, 5.74) is 0. The highest BCUT2D eigenvalue weighted by Gasteiger charge is 2.20. The van der Waals surface area contributed by atoms with Gasteiger partial charge in [-0.3, -0.25) is 4.99 Å². The van der Waals surface area contributed by atoms with E-state index in [0.717, 1.165) is 19.0 Å². The third-order valence-electron chi connectivity index (χ3n) is 2.20. The summed E-state index contributed by atoms with van der Waals surface area (Å²) in [6, 6.07) is 0.694. The van der Waals surface area contributed by atoms with E-state index in [0.29, 0.717) is 6.04 Å². The maximum absolute atomic E-state index is 4.31. The fourth-order valence-corrected chi connectivity index (χ4v) is 1.56. The molecule has 0 saturated carbocycles. The third-order valence-corrected chi connectivity index (χ3v) is 2.20. The second kappa shape index (κ2) is 2.10. The minimum Gasteiger partial charge on any atom is -0.311 e. The molecule has 0 amide bonds. The largest absolute Gasteiger partial charge is 0.311 e. The number of piperidine rings is 1. The van der Waals surface area contributed by atoms with Gasteiger partial charge < -0.3 is 5.32 Å². The normalized spacial score (nSPS) is 40.9. The maximum Gasteiger partial charge on any atom is 0.0539 e. The molecule has 0 radical (unpaired) electrons. The summed E-state index contributed by atoms with van der Waals surface area (Å²) >= 11 is 0. The van der Waals surface area contributed by atoms with Crippen LogP contribution in [0.25, 0.3) is 0 Å². The van der Waals surface area contributed by atoms with Crippen LogP contribution in [0.2, 0.25) is 0 Å². The average molecular weight is 124 g/mol. The Bertz CT molecular complexity index is 123. The van der Waals surface area contributed by atoms with Gasteiger partial charge in [-0.15, -0.1) is 0 Å². The van der Waals surface area contributed by atoms with Gasteiger partial charge in [-0.2, -0.15) is 0 Å². The molecule has 1 N–H and O–H groups in total. The molecule has 3 rings (SSSR count). The van der Waals surface area contributed by atoms with Crippen LogP contribution in [0.1, 0.15) is 12.8 Å². The van der Waals surface area contributed by atoms with Crippen LogP contribution in [0.15, 0.2) is 4.99 Å². The van der Waals surface area contributed by atoms with E-state index < -0.39 is 0 Å². The predicted molar refractivity (Wildman–Crippen MR) is 37.9 cm³/mol. The zero-order chi connectivity index (χ0) is 6.10. The minimum atomic E-state index is 0.694. The third kappa shape index (κ3) is 0.990. The van der Waals surface area contributed by atoms with Gasteiger partial charge in [-0.25, -0.2) is 0 Å². The average Bonchev–Trinajstić information content (AvgIpc) is 2.21. The molecule has 0 aromatic carbocycles. The van der Waals surface area contributed by atoms with Crippen molar-refractivity contribution in [3.8, 4) is 0 Å². The SMILES string of the molecule is C1=NCC2CCC1CN2. The highest BCUT2D eigenvalue weighted by atomic mass is 15.0. The van der Waals surface area contributed by atoms with E-state index in [1.807, 2.05) is 0 Å². The van der Waals surface area contributed by atoms with E-state index in [1.165, 1.54) is 12.8 Å². The summed E-state index contributed by atoms with van der Waals surface area (Å²) in [7, 11) is 0. The van der Waals surface area contributed by atoms with Crippen molar-refractivity contribution >= 4 is 6.21 Å². The van der Waals surface area contributed by atoms with Crippen LogP contribution in [-0.2, 0) is 0 Å². The van der Waals surface area contributed by atoms with Gasteiger partial charge in [0.2, 0.25) is 0 Å². The van der Waals surface area contributed by atoms with E-state index in [-0.39, 0.29) is 0 Å². The standard InChI is InChI=1S/C7H12N2/c1-2-7-5-8-3-6(1)4-9-7/h3,6-7,9H,1-2,4-5H2. The van der Waals surface area contributed by atoms with Gasteiger partial charge in [0.1, 0.15) is 0 Å². The van der Waals surface area contributed by atoms with Crippen LogP contribution in [0.5, 0.6) is 0 Å². The Labute approximate surface area is 55.4 Å². The predicted octanol–water partition coefficient (Wildman–Crippen LogP) is 0.439. The molecule has 3 aliphatic heterocycles. The summed E-state index contributed by atoms with van der Waals surface area (Å²) in [6.07, 6.45) is 4.80. The number of hydrogen-bond donors (Lipinski definition) is 1. The van der Waals surface area contributed by atoms with Gasteiger partial charge in [0.15, 0.2) is 0 Å². The maximum atomic E-state index is 4.31. The molecular formula is C7H12N2. The van der Waals surface area contributed by atoms with Crippen molar-refractivity contribution in [2.75, 3.05) is 13.1 Å². The fraction of sp³-hybridized carbons (Fsp3) is 0.857. The van der Waals surface area contributed by atoms with Gasteiger partial charge in [-0.1, -0.05) is 0 Å². The molecular weight excluding hydrogens is 112 g/mol. The molecule has 3 heterocycles. The second-order valence-electron chi connectivity index (χ2n) is 2.96. The summed E-state index contributed by atoms with van der Waals surface area (Å²) < 4.78 is 0. The van der Waals surface area contributed by atoms with E-state index >= 15 is 0 Å². The topological polar surface area (TPSA) is 24.4 Å². The number of fused-ring (bicyclic) bond motifs is 3. The van der Waals surface area contributed by atoms with E-state index in [2.05, 4.69) is 16.5 Å². The first-order chi connectivity index (χ1) is 4.45. The number of hydrogen-bond acceptors (Lipinski definition) is 2. The molecule has 3 aliphatic rings. The molecule has 1 fully saturated rings. The van der Waals surface area contributed by atoms with Crippen LogP contribution in [0.3, 0.4) is 0 Å². The zero-order valence-electron chi connectivity index (χ0n) is 5.51. The first kappa shape index (κ1) is 5.42. The van der Waals surface area contributed by atoms with Crippen LogP contribution in [0, 0.1) is 5.92 Å². The fourth-order valence-electron chi connectivity index (χ4n) is 1.56. The van der Waals surface area contributed by atoms with Crippen molar-refractivity contribution < 1.29 is 0 Å². The van der Waals surface area contributed by atoms with Crippen LogP contribution >= 0.6 is 0 Å². The Balaban J connectivity index is 2.13. The summed E-state index contributed by atoms with van der Waals surface area (Å²) in [5.74, 6) is 0.740. The minimum absolute atomic E-state index is 0.694. The monoisotopic (exact) mass is 124 g/mol. The molecule has 0 aromatic rings. The number of nitrogens with one attached hydrogen (secondary N) is 1. The quantitative estimate of drug-likeness (QED) is 0.498. The zero-order valence-corrected chi connectivity index (χ0v) is 5.51. The van der Waals surface area contributed by atoms with Crippen LogP contribution < -0.4 is 5.32 Å². The number of aliphatic imine (C=N–C) groups is 1. The van der Waals surface area contributed by atoms with Gasteiger partial charge in [0.05, 0.1) is 6.54 Å². The van der Waals surface area contributed by atoms with Crippen molar-refractivity contribution in [1.29, 1.82) is 0 Å². The molecule has 1 saturated heterocycles. The second-order valence-corrected chi connectivity index (χ2v) is 2.96. The molecule has 0 spiro atoms. The molecule has 2 nitrogen and oxygen atoms in total. The smallest absolute Gasteiger partial charge is 0.0539 e. The molecule has 9 heavy (non-hydrogen) atoms. The van der Waals surface area contributed by atoms with Crippen molar-refractivity contribution in [3.63, 3.8) is 0 Å². The van der Waals surface area contributed by atoms with Gasteiger partial charge in [-0.05, 0) is 12.8 Å². The van der Waals surface area contributed by atoms with Gasteiger partial charge in [0, 0.05) is 24.7 Å². The summed E-state index contributed by atoms with van der Waals surface area (Å²) in [4.78, 5) is 4.31. The molecule has 2 heteroatoms. The van der Waals surface area contributed by atoms with E-state index in [4.69, 9.17) is 0 Å². The van der Waals surface area contributed by atoms with Crippen LogP contribution in [-0.4, -0.2) is 25.3 Å². The Morgan fingerprint density at radius 3 is 3.22 bits per heavy atom. The van der Waals surface area contributed by atoms with Crippen molar-refractivity contribution in [3.05, 3.63) is 0 Å². The lowest BCUT2D eigenvalue weighted by Gasteiger charge is -2.22. The molecule has 2 unspecified atom stereocenters. The van der Waals surface area contributed by atoms with Crippen molar-refractivity contribution in [1.82, 2.24) is 5.32 Å². The lowest BCUT2D eigenvalue weighted by molar-refractivity contribution is 0.386. The number of nitrogens with zero attached hydrogens (tertiary/aromatic N) is 1. The van der Waals surface area contributed by atoms with Gasteiger partial charge in [0.25, 0.3) is 0 Å². The molecule has 0 aromatic heterocycles. The molecule has 0 aliphatic carbocycles.